The fourth-order valence-electron chi connectivity index (χ4n) is 1.45. The lowest BCUT2D eigenvalue weighted by molar-refractivity contribution is 0.0952. The molecule has 0 aliphatic rings. The zero-order valence-electron chi connectivity index (χ0n) is 9.24. The number of benzene rings is 1. The molecule has 0 bridgehead atoms. The molecule has 0 saturated heterocycles. The molecule has 0 spiro atoms. The number of nitrogen functional groups attached to an aromatic ring is 1. The van der Waals surface area contributed by atoms with Crippen LogP contribution in [0.4, 0.5) is 5.69 Å². The van der Waals surface area contributed by atoms with Crippen LogP contribution in [0.5, 0.6) is 0 Å². The Hall–Kier alpha value is -1.04. The largest absolute Gasteiger partial charge is 0.398 e. The van der Waals surface area contributed by atoms with Crippen molar-refractivity contribution in [3.8, 4) is 0 Å². The molecule has 0 unspecified atom stereocenters. The molecule has 1 amide bonds. The number of thiophene rings is 1. The van der Waals surface area contributed by atoms with Crippen LogP contribution in [-0.2, 0) is 6.54 Å². The molecule has 1 aromatic heterocycles. The Labute approximate surface area is 122 Å². The first-order valence-electron chi connectivity index (χ1n) is 5.13. The highest BCUT2D eigenvalue weighted by Crippen LogP contribution is 2.22. The highest BCUT2D eigenvalue weighted by Gasteiger charge is 2.09. The normalized spacial score (nSPS) is 10.3. The van der Waals surface area contributed by atoms with Gasteiger partial charge in [-0.1, -0.05) is 27.5 Å². The number of amides is 1. The minimum Gasteiger partial charge on any atom is -0.398 e. The molecule has 3 nitrogen and oxygen atoms in total. The van der Waals surface area contributed by atoms with E-state index < -0.39 is 0 Å². The molecular weight excluding hydrogens is 336 g/mol. The lowest BCUT2D eigenvalue weighted by Gasteiger charge is -2.06. The van der Waals surface area contributed by atoms with Gasteiger partial charge in [0, 0.05) is 15.0 Å². The fraction of sp³-hybridized carbons (Fsp3) is 0.0833. The number of nitrogens with two attached hydrogens (primary N) is 1. The van der Waals surface area contributed by atoms with Crippen LogP contribution in [0.1, 0.15) is 15.2 Å². The topological polar surface area (TPSA) is 55.1 Å². The van der Waals surface area contributed by atoms with Crippen molar-refractivity contribution < 1.29 is 4.79 Å². The van der Waals surface area contributed by atoms with Gasteiger partial charge in [-0.3, -0.25) is 4.79 Å². The van der Waals surface area contributed by atoms with Gasteiger partial charge in [-0.15, -0.1) is 11.3 Å². The fourth-order valence-corrected chi connectivity index (χ4v) is 2.86. The molecule has 2 aromatic rings. The van der Waals surface area contributed by atoms with E-state index in [1.54, 1.807) is 18.2 Å². The minimum absolute atomic E-state index is 0.190. The number of carbonyl (C=O) groups is 1. The van der Waals surface area contributed by atoms with Crippen molar-refractivity contribution in [2.24, 2.45) is 0 Å². The second-order valence-corrected chi connectivity index (χ2v) is 6.34. The third-order valence-electron chi connectivity index (χ3n) is 2.31. The van der Waals surface area contributed by atoms with Gasteiger partial charge in [0.2, 0.25) is 0 Å². The van der Waals surface area contributed by atoms with Crippen LogP contribution < -0.4 is 11.1 Å². The van der Waals surface area contributed by atoms with Crippen molar-refractivity contribution in [3.63, 3.8) is 0 Å². The van der Waals surface area contributed by atoms with Gasteiger partial charge in [0.25, 0.3) is 5.91 Å². The highest BCUT2D eigenvalue weighted by molar-refractivity contribution is 9.10. The second kappa shape index (κ2) is 5.73. The van der Waals surface area contributed by atoms with Crippen LogP contribution in [0, 0.1) is 0 Å². The summed E-state index contributed by atoms with van der Waals surface area (Å²) in [6, 6.07) is 8.88. The molecule has 0 atom stereocenters. The number of halogens is 2. The molecule has 1 aromatic carbocycles. The molecule has 0 fully saturated rings. The molecule has 18 heavy (non-hydrogen) atoms. The summed E-state index contributed by atoms with van der Waals surface area (Å²) in [5.74, 6) is -0.190. The van der Waals surface area contributed by atoms with Crippen molar-refractivity contribution in [1.82, 2.24) is 5.32 Å². The van der Waals surface area contributed by atoms with Crippen LogP contribution in [-0.4, -0.2) is 5.91 Å². The molecule has 1 heterocycles. The maximum Gasteiger partial charge on any atom is 0.253 e. The van der Waals surface area contributed by atoms with Gasteiger partial charge in [-0.2, -0.15) is 0 Å². The van der Waals surface area contributed by atoms with E-state index in [-0.39, 0.29) is 5.91 Å². The van der Waals surface area contributed by atoms with Crippen molar-refractivity contribution >= 4 is 50.5 Å². The van der Waals surface area contributed by atoms with Gasteiger partial charge in [0.15, 0.2) is 0 Å². The Morgan fingerprint density at radius 3 is 2.78 bits per heavy atom. The predicted octanol–water partition coefficient (Wildman–Crippen LogP) is 3.68. The molecular formula is C12H10BrClN2OS. The average molecular weight is 346 g/mol. The van der Waals surface area contributed by atoms with Crippen molar-refractivity contribution in [2.45, 2.75) is 6.54 Å². The van der Waals surface area contributed by atoms with Gasteiger partial charge >= 0.3 is 0 Å². The van der Waals surface area contributed by atoms with Crippen LogP contribution in [0.15, 0.2) is 34.8 Å². The number of carbonyl (C=O) groups excluding carboxylic acids is 1. The number of hydrogen-bond donors (Lipinski definition) is 2. The molecule has 6 heteroatoms. The first-order valence-corrected chi connectivity index (χ1v) is 7.12. The Morgan fingerprint density at radius 2 is 2.17 bits per heavy atom. The van der Waals surface area contributed by atoms with E-state index in [9.17, 15) is 4.79 Å². The van der Waals surface area contributed by atoms with Gasteiger partial charge in [-0.25, -0.2) is 0 Å². The molecule has 0 radical (unpaired) electrons. The molecule has 0 aliphatic heterocycles. The first kappa shape index (κ1) is 13.4. The second-order valence-electron chi connectivity index (χ2n) is 3.62. The maximum atomic E-state index is 11.9. The summed E-state index contributed by atoms with van der Waals surface area (Å²) in [7, 11) is 0. The van der Waals surface area contributed by atoms with E-state index in [0.29, 0.717) is 22.1 Å². The Kier molecular flexibility index (Phi) is 4.27. The molecule has 94 valence electrons. The highest BCUT2D eigenvalue weighted by atomic mass is 79.9. The average Bonchev–Trinajstić information content (AvgIpc) is 2.72. The van der Waals surface area contributed by atoms with Crippen LogP contribution in [0.25, 0.3) is 0 Å². The minimum atomic E-state index is -0.190. The molecule has 0 saturated carbocycles. The SMILES string of the molecule is Nc1cc(Br)ccc1C(=O)NCc1ccc(Cl)s1. The van der Waals surface area contributed by atoms with Crippen LogP contribution in [0.3, 0.4) is 0 Å². The summed E-state index contributed by atoms with van der Waals surface area (Å²) in [5, 5.41) is 2.81. The van der Waals surface area contributed by atoms with E-state index in [1.807, 2.05) is 12.1 Å². The van der Waals surface area contributed by atoms with Crippen molar-refractivity contribution in [1.29, 1.82) is 0 Å². The number of anilines is 1. The quantitative estimate of drug-likeness (QED) is 0.834. The van der Waals surface area contributed by atoms with Gasteiger partial charge in [-0.05, 0) is 30.3 Å². The number of rotatable bonds is 3. The number of hydrogen-bond acceptors (Lipinski definition) is 3. The van der Waals surface area contributed by atoms with E-state index in [4.69, 9.17) is 17.3 Å². The van der Waals surface area contributed by atoms with Crippen LogP contribution in [0.2, 0.25) is 4.34 Å². The summed E-state index contributed by atoms with van der Waals surface area (Å²) < 4.78 is 1.56. The summed E-state index contributed by atoms with van der Waals surface area (Å²) in [5.41, 5.74) is 6.71. The molecule has 2 rings (SSSR count). The van der Waals surface area contributed by atoms with Gasteiger partial charge in [0.05, 0.1) is 16.4 Å². The van der Waals surface area contributed by atoms with Crippen molar-refractivity contribution in [2.75, 3.05) is 5.73 Å². The maximum absolute atomic E-state index is 11.9. The smallest absolute Gasteiger partial charge is 0.253 e. The summed E-state index contributed by atoms with van der Waals surface area (Å²) >= 11 is 10.6. The van der Waals surface area contributed by atoms with E-state index in [0.717, 1.165) is 9.35 Å². The van der Waals surface area contributed by atoms with Crippen molar-refractivity contribution in [3.05, 3.63) is 49.6 Å². The summed E-state index contributed by atoms with van der Waals surface area (Å²) in [6.07, 6.45) is 0. The standard InChI is InChI=1S/C12H10BrClN2OS/c13-7-1-3-9(10(15)5-7)12(17)16-6-8-2-4-11(14)18-8/h1-5H,6,15H2,(H,16,17). The predicted molar refractivity (Wildman–Crippen MR) is 79.1 cm³/mol. The Morgan fingerprint density at radius 1 is 1.39 bits per heavy atom. The Bertz CT molecular complexity index is 585. The monoisotopic (exact) mass is 344 g/mol. The van der Waals surface area contributed by atoms with Gasteiger partial charge in [0.1, 0.15) is 0 Å². The van der Waals surface area contributed by atoms with E-state index in [1.165, 1.54) is 11.3 Å². The molecule has 3 N–H and O–H groups in total. The third-order valence-corrected chi connectivity index (χ3v) is 4.03. The zero-order valence-corrected chi connectivity index (χ0v) is 12.4. The lowest BCUT2D eigenvalue weighted by atomic mass is 10.1. The summed E-state index contributed by atoms with van der Waals surface area (Å²) in [4.78, 5) is 12.9. The van der Waals surface area contributed by atoms with Gasteiger partial charge < -0.3 is 11.1 Å². The van der Waals surface area contributed by atoms with E-state index in [2.05, 4.69) is 21.2 Å². The third kappa shape index (κ3) is 3.25. The zero-order chi connectivity index (χ0) is 13.1. The summed E-state index contributed by atoms with van der Waals surface area (Å²) in [6.45, 7) is 0.450. The lowest BCUT2D eigenvalue weighted by Crippen LogP contribution is -2.23. The number of nitrogens with one attached hydrogen (secondary N) is 1. The Balaban J connectivity index is 2.03. The van der Waals surface area contributed by atoms with Crippen LogP contribution >= 0.6 is 38.9 Å². The van der Waals surface area contributed by atoms with E-state index >= 15 is 0 Å². The molecule has 0 aliphatic carbocycles. The first-order chi connectivity index (χ1) is 8.56.